The summed E-state index contributed by atoms with van der Waals surface area (Å²) < 4.78 is 29.3. The van der Waals surface area contributed by atoms with Crippen molar-refractivity contribution in [3.8, 4) is 11.3 Å². The second-order valence-electron chi connectivity index (χ2n) is 6.51. The van der Waals surface area contributed by atoms with E-state index in [1.807, 2.05) is 0 Å². The first-order chi connectivity index (χ1) is 12.6. The number of methoxy groups -OCH3 is 1. The standard InChI is InChI=1S/C19H23FN2O4/c1-24-10-7-21-18(23)19(5-8-25-9-6-19)13-16-12-17(22-26-16)14-3-2-4-15(20)11-14/h2-4,11-12H,5-10,13H2,1H3,(H,21,23). The summed E-state index contributed by atoms with van der Waals surface area (Å²) in [4.78, 5) is 12.8. The van der Waals surface area contributed by atoms with Crippen LogP contribution in [-0.4, -0.2) is 44.5 Å². The van der Waals surface area contributed by atoms with Crippen LogP contribution in [0.5, 0.6) is 0 Å². The third-order valence-electron chi connectivity index (χ3n) is 4.72. The summed E-state index contributed by atoms with van der Waals surface area (Å²) in [7, 11) is 1.60. The first-order valence-corrected chi connectivity index (χ1v) is 8.69. The molecule has 1 aromatic heterocycles. The van der Waals surface area contributed by atoms with Gasteiger partial charge < -0.3 is 19.3 Å². The van der Waals surface area contributed by atoms with Gasteiger partial charge in [-0.2, -0.15) is 0 Å². The second kappa shape index (κ2) is 8.42. The van der Waals surface area contributed by atoms with Gasteiger partial charge in [-0.05, 0) is 25.0 Å². The Bertz CT molecular complexity index is 741. The molecule has 2 aromatic rings. The molecule has 1 aliphatic rings. The van der Waals surface area contributed by atoms with E-state index >= 15 is 0 Å². The number of hydrogen-bond donors (Lipinski definition) is 1. The number of aromatic nitrogens is 1. The number of nitrogens with one attached hydrogen (secondary N) is 1. The number of carbonyl (C=O) groups is 1. The number of ether oxygens (including phenoxy) is 2. The van der Waals surface area contributed by atoms with Crippen LogP contribution in [0.4, 0.5) is 4.39 Å². The zero-order valence-electron chi connectivity index (χ0n) is 14.8. The summed E-state index contributed by atoms with van der Waals surface area (Å²) in [5.74, 6) is 0.250. The van der Waals surface area contributed by atoms with Crippen molar-refractivity contribution in [1.82, 2.24) is 10.5 Å². The van der Waals surface area contributed by atoms with E-state index in [1.165, 1.54) is 12.1 Å². The normalized spacial score (nSPS) is 16.4. The zero-order chi connectivity index (χ0) is 18.4. The van der Waals surface area contributed by atoms with Crippen molar-refractivity contribution in [2.75, 3.05) is 33.5 Å². The highest BCUT2D eigenvalue weighted by atomic mass is 19.1. The number of nitrogens with zero attached hydrogens (tertiary/aromatic N) is 1. The number of rotatable bonds is 7. The molecule has 0 spiro atoms. The lowest BCUT2D eigenvalue weighted by Gasteiger charge is -2.35. The Hall–Kier alpha value is -2.25. The number of benzene rings is 1. The van der Waals surface area contributed by atoms with E-state index in [-0.39, 0.29) is 11.7 Å². The van der Waals surface area contributed by atoms with Gasteiger partial charge in [0.05, 0.1) is 12.0 Å². The molecule has 1 N–H and O–H groups in total. The second-order valence-corrected chi connectivity index (χ2v) is 6.51. The summed E-state index contributed by atoms with van der Waals surface area (Å²) in [5.41, 5.74) is 0.608. The number of halogens is 1. The van der Waals surface area contributed by atoms with E-state index in [0.717, 1.165) is 0 Å². The predicted molar refractivity (Wildman–Crippen MR) is 93.0 cm³/mol. The molecule has 0 saturated carbocycles. The maximum Gasteiger partial charge on any atom is 0.226 e. The van der Waals surface area contributed by atoms with E-state index < -0.39 is 5.41 Å². The van der Waals surface area contributed by atoms with Gasteiger partial charge in [-0.1, -0.05) is 17.3 Å². The monoisotopic (exact) mass is 362 g/mol. The maximum absolute atomic E-state index is 13.4. The number of hydrogen-bond acceptors (Lipinski definition) is 5. The van der Waals surface area contributed by atoms with Crippen molar-refractivity contribution >= 4 is 5.91 Å². The summed E-state index contributed by atoms with van der Waals surface area (Å²) in [6.07, 6.45) is 1.65. The van der Waals surface area contributed by atoms with Gasteiger partial charge in [-0.25, -0.2) is 4.39 Å². The topological polar surface area (TPSA) is 73.6 Å². The van der Waals surface area contributed by atoms with E-state index in [2.05, 4.69) is 10.5 Å². The van der Waals surface area contributed by atoms with Crippen LogP contribution < -0.4 is 5.32 Å². The molecule has 0 unspecified atom stereocenters. The molecule has 0 bridgehead atoms. The molecule has 26 heavy (non-hydrogen) atoms. The van der Waals surface area contributed by atoms with Crippen molar-refractivity contribution < 1.29 is 23.2 Å². The fourth-order valence-corrected chi connectivity index (χ4v) is 3.21. The minimum absolute atomic E-state index is 0.0263. The van der Waals surface area contributed by atoms with Crippen LogP contribution in [0.25, 0.3) is 11.3 Å². The Morgan fingerprint density at radius 2 is 2.15 bits per heavy atom. The lowest BCUT2D eigenvalue weighted by molar-refractivity contribution is -0.137. The molecule has 0 atom stereocenters. The molecule has 2 heterocycles. The van der Waals surface area contributed by atoms with Gasteiger partial charge in [0.1, 0.15) is 17.3 Å². The lowest BCUT2D eigenvalue weighted by atomic mass is 9.75. The van der Waals surface area contributed by atoms with Crippen LogP contribution in [0, 0.1) is 11.2 Å². The Kier molecular flexibility index (Phi) is 6.00. The summed E-state index contributed by atoms with van der Waals surface area (Å²) in [5, 5.41) is 6.96. The lowest BCUT2D eigenvalue weighted by Crippen LogP contribution is -2.46. The molecule has 1 saturated heterocycles. The van der Waals surface area contributed by atoms with Gasteiger partial charge in [0.25, 0.3) is 0 Å². The number of carbonyl (C=O) groups excluding carboxylic acids is 1. The van der Waals surface area contributed by atoms with E-state index in [9.17, 15) is 9.18 Å². The fourth-order valence-electron chi connectivity index (χ4n) is 3.21. The van der Waals surface area contributed by atoms with Crippen molar-refractivity contribution in [3.05, 3.63) is 41.9 Å². The molecule has 3 rings (SSSR count). The van der Waals surface area contributed by atoms with Gasteiger partial charge in [0.15, 0.2) is 0 Å². The molecule has 1 amide bonds. The van der Waals surface area contributed by atoms with Crippen LogP contribution in [0.15, 0.2) is 34.9 Å². The largest absolute Gasteiger partial charge is 0.383 e. The highest BCUT2D eigenvalue weighted by Crippen LogP contribution is 2.35. The molecule has 0 radical (unpaired) electrons. The number of amides is 1. The van der Waals surface area contributed by atoms with Gasteiger partial charge in [-0.3, -0.25) is 4.79 Å². The molecule has 6 nitrogen and oxygen atoms in total. The van der Waals surface area contributed by atoms with Crippen molar-refractivity contribution in [2.45, 2.75) is 19.3 Å². The van der Waals surface area contributed by atoms with Crippen molar-refractivity contribution in [2.24, 2.45) is 5.41 Å². The van der Waals surface area contributed by atoms with Crippen molar-refractivity contribution in [1.29, 1.82) is 0 Å². The predicted octanol–water partition coefficient (Wildman–Crippen LogP) is 2.58. The van der Waals surface area contributed by atoms with E-state index in [4.69, 9.17) is 14.0 Å². The van der Waals surface area contributed by atoms with Crippen LogP contribution in [0.1, 0.15) is 18.6 Å². The minimum atomic E-state index is -0.593. The summed E-state index contributed by atoms with van der Waals surface area (Å²) in [6, 6.07) is 7.96. The molecular formula is C19H23FN2O4. The first kappa shape index (κ1) is 18.5. The molecule has 140 valence electrons. The van der Waals surface area contributed by atoms with Crippen LogP contribution in [0.3, 0.4) is 0 Å². The molecule has 1 aliphatic heterocycles. The minimum Gasteiger partial charge on any atom is -0.383 e. The molecular weight excluding hydrogens is 339 g/mol. The summed E-state index contributed by atoms with van der Waals surface area (Å²) >= 11 is 0. The zero-order valence-corrected chi connectivity index (χ0v) is 14.8. The van der Waals surface area contributed by atoms with Gasteiger partial charge >= 0.3 is 0 Å². The Morgan fingerprint density at radius 1 is 1.35 bits per heavy atom. The quantitative estimate of drug-likeness (QED) is 0.767. The third kappa shape index (κ3) is 4.28. The molecule has 1 fully saturated rings. The molecule has 0 aliphatic carbocycles. The fraction of sp³-hybridized carbons (Fsp3) is 0.474. The van der Waals surface area contributed by atoms with Crippen LogP contribution >= 0.6 is 0 Å². The van der Waals surface area contributed by atoms with Crippen molar-refractivity contribution in [3.63, 3.8) is 0 Å². The SMILES string of the molecule is COCCNC(=O)C1(Cc2cc(-c3cccc(F)c3)no2)CCOCC1. The van der Waals surface area contributed by atoms with E-state index in [0.29, 0.717) is 62.6 Å². The average Bonchev–Trinajstić information content (AvgIpc) is 3.11. The average molecular weight is 362 g/mol. The highest BCUT2D eigenvalue weighted by Gasteiger charge is 2.41. The Balaban J connectivity index is 1.76. The van der Waals surface area contributed by atoms with E-state index in [1.54, 1.807) is 25.3 Å². The van der Waals surface area contributed by atoms with Crippen LogP contribution in [-0.2, 0) is 20.7 Å². The molecule has 1 aromatic carbocycles. The van der Waals surface area contributed by atoms with Crippen LogP contribution in [0.2, 0.25) is 0 Å². The highest BCUT2D eigenvalue weighted by molar-refractivity contribution is 5.83. The van der Waals surface area contributed by atoms with Gasteiger partial charge in [0, 0.05) is 44.9 Å². The first-order valence-electron chi connectivity index (χ1n) is 8.69. The third-order valence-corrected chi connectivity index (χ3v) is 4.72. The van der Waals surface area contributed by atoms with Gasteiger partial charge in [-0.15, -0.1) is 0 Å². The van der Waals surface area contributed by atoms with Gasteiger partial charge in [0.2, 0.25) is 5.91 Å². The Morgan fingerprint density at radius 3 is 2.88 bits per heavy atom. The summed E-state index contributed by atoms with van der Waals surface area (Å²) in [6.45, 7) is 1.98. The smallest absolute Gasteiger partial charge is 0.226 e. The molecule has 7 heteroatoms. The Labute approximate surface area is 151 Å². The maximum atomic E-state index is 13.4.